The normalized spacial score (nSPS) is 10.8. The molecule has 17 heavy (non-hydrogen) atoms. The van der Waals surface area contributed by atoms with Crippen LogP contribution in [0.3, 0.4) is 0 Å². The van der Waals surface area contributed by atoms with E-state index in [9.17, 15) is 5.11 Å². The summed E-state index contributed by atoms with van der Waals surface area (Å²) in [6, 6.07) is 7.29. The first-order valence-corrected chi connectivity index (χ1v) is 5.98. The molecule has 2 aromatic rings. The third-order valence-corrected chi connectivity index (χ3v) is 3.05. The topological polar surface area (TPSA) is 38.0 Å². The van der Waals surface area contributed by atoms with E-state index in [0.717, 1.165) is 29.9 Å². The molecule has 1 heterocycles. The van der Waals surface area contributed by atoms with Crippen LogP contribution in [-0.2, 0) is 6.42 Å². The average molecular weight is 230 g/mol. The van der Waals surface area contributed by atoms with Crippen molar-refractivity contribution in [2.24, 2.45) is 0 Å². The van der Waals surface area contributed by atoms with E-state index in [4.69, 9.17) is 0 Å². The van der Waals surface area contributed by atoms with Gasteiger partial charge in [-0.3, -0.25) is 0 Å². The fraction of sp³-hybridized carbons (Fsp3) is 0.357. The largest absolute Gasteiger partial charge is 0.506 e. The zero-order valence-corrected chi connectivity index (χ0v) is 10.6. The molecule has 0 saturated heterocycles. The molecule has 1 aromatic heterocycles. The summed E-state index contributed by atoms with van der Waals surface area (Å²) in [6.07, 6.45) is 2.14. The van der Waals surface area contributed by atoms with Gasteiger partial charge in [0.2, 0.25) is 0 Å². The lowest BCUT2D eigenvalue weighted by Gasteiger charge is -2.06. The number of para-hydroxylation sites is 2. The minimum atomic E-state index is 0.265. The maximum absolute atomic E-state index is 9.86. The fourth-order valence-corrected chi connectivity index (χ4v) is 2.16. The third kappa shape index (κ3) is 2.05. The van der Waals surface area contributed by atoms with Crippen LogP contribution >= 0.6 is 0 Å². The SMILES string of the molecule is CCCc1c(C)nn(-c2ccccc2O)c1C. The lowest BCUT2D eigenvalue weighted by molar-refractivity contribution is 0.470. The van der Waals surface area contributed by atoms with E-state index >= 15 is 0 Å². The van der Waals surface area contributed by atoms with E-state index in [2.05, 4.69) is 18.9 Å². The van der Waals surface area contributed by atoms with Crippen LogP contribution < -0.4 is 0 Å². The average Bonchev–Trinajstić information content (AvgIpc) is 2.58. The van der Waals surface area contributed by atoms with Crippen molar-refractivity contribution in [3.8, 4) is 11.4 Å². The van der Waals surface area contributed by atoms with E-state index in [1.165, 1.54) is 5.56 Å². The number of hydrogen-bond acceptors (Lipinski definition) is 2. The molecule has 1 N–H and O–H groups in total. The molecule has 0 amide bonds. The summed E-state index contributed by atoms with van der Waals surface area (Å²) in [5.74, 6) is 0.265. The molecule has 0 radical (unpaired) electrons. The Labute approximate surface area is 102 Å². The summed E-state index contributed by atoms with van der Waals surface area (Å²) >= 11 is 0. The zero-order chi connectivity index (χ0) is 12.4. The van der Waals surface area contributed by atoms with Crippen LogP contribution in [0.5, 0.6) is 5.75 Å². The van der Waals surface area contributed by atoms with Crippen LogP contribution in [0, 0.1) is 13.8 Å². The van der Waals surface area contributed by atoms with Gasteiger partial charge in [0, 0.05) is 5.69 Å². The lowest BCUT2D eigenvalue weighted by atomic mass is 10.1. The molecule has 0 saturated carbocycles. The molecule has 0 aliphatic rings. The quantitative estimate of drug-likeness (QED) is 0.879. The third-order valence-electron chi connectivity index (χ3n) is 3.05. The van der Waals surface area contributed by atoms with Gasteiger partial charge in [0.1, 0.15) is 11.4 Å². The van der Waals surface area contributed by atoms with Gasteiger partial charge in [-0.15, -0.1) is 0 Å². The van der Waals surface area contributed by atoms with E-state index in [0.29, 0.717) is 0 Å². The predicted molar refractivity (Wildman–Crippen MR) is 68.7 cm³/mol. The first-order chi connectivity index (χ1) is 8.15. The summed E-state index contributed by atoms with van der Waals surface area (Å²) in [6.45, 7) is 6.24. The molecular weight excluding hydrogens is 212 g/mol. The Morgan fingerprint density at radius 3 is 2.59 bits per heavy atom. The lowest BCUT2D eigenvalue weighted by Crippen LogP contribution is -1.99. The Balaban J connectivity index is 2.54. The Morgan fingerprint density at radius 2 is 1.94 bits per heavy atom. The number of benzene rings is 1. The Kier molecular flexibility index (Phi) is 3.18. The van der Waals surface area contributed by atoms with Crippen molar-refractivity contribution in [1.29, 1.82) is 0 Å². The van der Waals surface area contributed by atoms with Crippen molar-refractivity contribution in [2.45, 2.75) is 33.6 Å². The van der Waals surface area contributed by atoms with E-state index in [1.54, 1.807) is 6.07 Å². The molecule has 1 aromatic carbocycles. The number of aryl methyl sites for hydroxylation is 1. The number of phenolic OH excluding ortho intramolecular Hbond substituents is 1. The highest BCUT2D eigenvalue weighted by Gasteiger charge is 2.13. The van der Waals surface area contributed by atoms with Crippen molar-refractivity contribution in [1.82, 2.24) is 9.78 Å². The summed E-state index contributed by atoms with van der Waals surface area (Å²) in [5, 5.41) is 14.4. The Morgan fingerprint density at radius 1 is 1.24 bits per heavy atom. The number of nitrogens with zero attached hydrogens (tertiary/aromatic N) is 2. The zero-order valence-electron chi connectivity index (χ0n) is 10.6. The van der Waals surface area contributed by atoms with Crippen LogP contribution in [0.2, 0.25) is 0 Å². The van der Waals surface area contributed by atoms with Gasteiger partial charge >= 0.3 is 0 Å². The van der Waals surface area contributed by atoms with Gasteiger partial charge in [0.05, 0.1) is 5.69 Å². The van der Waals surface area contributed by atoms with Crippen molar-refractivity contribution in [2.75, 3.05) is 0 Å². The molecule has 3 heteroatoms. The van der Waals surface area contributed by atoms with Crippen molar-refractivity contribution in [3.63, 3.8) is 0 Å². The Hall–Kier alpha value is -1.77. The van der Waals surface area contributed by atoms with Crippen LogP contribution in [0.1, 0.15) is 30.3 Å². The highest BCUT2D eigenvalue weighted by atomic mass is 16.3. The first-order valence-electron chi connectivity index (χ1n) is 5.98. The molecule has 3 nitrogen and oxygen atoms in total. The van der Waals surface area contributed by atoms with Gasteiger partial charge in [-0.05, 0) is 38.0 Å². The van der Waals surface area contributed by atoms with Gasteiger partial charge in [-0.2, -0.15) is 5.10 Å². The number of phenols is 1. The number of rotatable bonds is 3. The molecule has 0 unspecified atom stereocenters. The minimum absolute atomic E-state index is 0.265. The van der Waals surface area contributed by atoms with Gasteiger partial charge in [0.15, 0.2) is 0 Å². The fourth-order valence-electron chi connectivity index (χ4n) is 2.16. The first kappa shape index (κ1) is 11.7. The van der Waals surface area contributed by atoms with Crippen molar-refractivity contribution in [3.05, 3.63) is 41.2 Å². The number of hydrogen-bond donors (Lipinski definition) is 1. The van der Waals surface area contributed by atoms with Crippen LogP contribution in [-0.4, -0.2) is 14.9 Å². The second-order valence-corrected chi connectivity index (χ2v) is 4.30. The second-order valence-electron chi connectivity index (χ2n) is 4.30. The Bertz CT molecular complexity index is 529. The number of aromatic nitrogens is 2. The standard InChI is InChI=1S/C14H18N2O/c1-4-7-12-10(2)15-16(11(12)3)13-8-5-6-9-14(13)17/h5-6,8-9,17H,4,7H2,1-3H3. The molecule has 0 spiro atoms. The molecule has 0 bridgehead atoms. The molecule has 0 fully saturated rings. The molecule has 2 rings (SSSR count). The van der Waals surface area contributed by atoms with E-state index in [1.807, 2.05) is 29.8 Å². The second kappa shape index (κ2) is 4.62. The molecule has 0 atom stereocenters. The summed E-state index contributed by atoms with van der Waals surface area (Å²) in [4.78, 5) is 0. The van der Waals surface area contributed by atoms with Crippen LogP contribution in [0.4, 0.5) is 0 Å². The summed E-state index contributed by atoms with van der Waals surface area (Å²) < 4.78 is 1.83. The van der Waals surface area contributed by atoms with Gasteiger partial charge in [-0.1, -0.05) is 25.5 Å². The van der Waals surface area contributed by atoms with Crippen molar-refractivity contribution >= 4 is 0 Å². The maximum atomic E-state index is 9.86. The minimum Gasteiger partial charge on any atom is -0.506 e. The monoisotopic (exact) mass is 230 g/mol. The molecular formula is C14H18N2O. The predicted octanol–water partition coefficient (Wildman–Crippen LogP) is 3.15. The summed E-state index contributed by atoms with van der Waals surface area (Å²) in [5.41, 5.74) is 4.20. The van der Waals surface area contributed by atoms with Gasteiger partial charge in [0.25, 0.3) is 0 Å². The highest BCUT2D eigenvalue weighted by molar-refractivity contribution is 5.47. The number of aromatic hydroxyl groups is 1. The summed E-state index contributed by atoms with van der Waals surface area (Å²) in [7, 11) is 0. The molecule has 90 valence electrons. The van der Waals surface area contributed by atoms with Gasteiger partial charge in [-0.25, -0.2) is 4.68 Å². The van der Waals surface area contributed by atoms with Crippen molar-refractivity contribution < 1.29 is 5.11 Å². The van der Waals surface area contributed by atoms with Gasteiger partial charge < -0.3 is 5.11 Å². The molecule has 0 aliphatic carbocycles. The maximum Gasteiger partial charge on any atom is 0.141 e. The molecule has 0 aliphatic heterocycles. The van der Waals surface area contributed by atoms with E-state index < -0.39 is 0 Å². The smallest absolute Gasteiger partial charge is 0.141 e. The van der Waals surface area contributed by atoms with Crippen LogP contribution in [0.25, 0.3) is 5.69 Å². The highest BCUT2D eigenvalue weighted by Crippen LogP contribution is 2.24. The van der Waals surface area contributed by atoms with Crippen LogP contribution in [0.15, 0.2) is 24.3 Å². The van der Waals surface area contributed by atoms with E-state index in [-0.39, 0.29) is 5.75 Å².